The van der Waals surface area contributed by atoms with E-state index in [2.05, 4.69) is 25.7 Å². The fraction of sp³-hybridized carbons (Fsp3) is 0.500. The molecule has 0 aliphatic carbocycles. The van der Waals surface area contributed by atoms with Crippen LogP contribution < -0.4 is 0 Å². The smallest absolute Gasteiger partial charge is 0.246 e. The minimum atomic E-state index is -0.376. The Morgan fingerprint density at radius 2 is 2.07 bits per heavy atom. The van der Waals surface area contributed by atoms with Crippen molar-refractivity contribution in [3.05, 3.63) is 30.1 Å². The van der Waals surface area contributed by atoms with Crippen molar-refractivity contribution in [2.75, 3.05) is 33.4 Å². The van der Waals surface area contributed by atoms with Crippen LogP contribution >= 0.6 is 0 Å². The summed E-state index contributed by atoms with van der Waals surface area (Å²) in [5.74, 6) is 0.520. The Morgan fingerprint density at radius 1 is 1.30 bits per heavy atom. The Balaban J connectivity index is 1.43. The van der Waals surface area contributed by atoms with Crippen LogP contribution in [0.1, 0.15) is 11.9 Å². The standard InChI is InChI=1S/C16H20N8O3/c1-26-8-7-23-16(17-20-21-23)14-10-22(6-9-27-14)15(25)11-24-18-12-4-2-3-5-13(12)19-24/h2-5,14H,6-11H2,1H3. The SMILES string of the molecule is COCCn1nnnc1C1CN(C(=O)Cn2nc3ccccc3n2)CCO1. The summed E-state index contributed by atoms with van der Waals surface area (Å²) in [7, 11) is 1.62. The van der Waals surface area contributed by atoms with E-state index in [0.717, 1.165) is 11.0 Å². The number of aromatic nitrogens is 7. The zero-order chi connectivity index (χ0) is 18.6. The molecule has 1 aliphatic heterocycles. The molecule has 1 amide bonds. The molecule has 2 aromatic heterocycles. The molecule has 4 rings (SSSR count). The van der Waals surface area contributed by atoms with Crippen LogP contribution in [0.25, 0.3) is 11.0 Å². The first-order chi connectivity index (χ1) is 13.2. The summed E-state index contributed by atoms with van der Waals surface area (Å²) in [5, 5.41) is 20.4. The van der Waals surface area contributed by atoms with E-state index in [9.17, 15) is 4.79 Å². The van der Waals surface area contributed by atoms with Crippen LogP contribution in [-0.4, -0.2) is 79.4 Å². The molecule has 1 saturated heterocycles. The van der Waals surface area contributed by atoms with E-state index >= 15 is 0 Å². The maximum absolute atomic E-state index is 12.7. The Morgan fingerprint density at radius 3 is 2.81 bits per heavy atom. The van der Waals surface area contributed by atoms with Crippen molar-refractivity contribution in [1.29, 1.82) is 0 Å². The van der Waals surface area contributed by atoms with Gasteiger partial charge in [0, 0.05) is 13.7 Å². The quantitative estimate of drug-likeness (QED) is 0.578. The first kappa shape index (κ1) is 17.5. The average molecular weight is 372 g/mol. The highest BCUT2D eigenvalue weighted by molar-refractivity contribution is 5.77. The summed E-state index contributed by atoms with van der Waals surface area (Å²) in [5.41, 5.74) is 1.53. The highest BCUT2D eigenvalue weighted by Crippen LogP contribution is 2.20. The molecule has 1 aromatic carbocycles. The monoisotopic (exact) mass is 372 g/mol. The normalized spacial score (nSPS) is 17.5. The number of hydrogen-bond donors (Lipinski definition) is 0. The molecule has 1 unspecified atom stereocenters. The third-order valence-corrected chi connectivity index (χ3v) is 4.38. The van der Waals surface area contributed by atoms with Crippen LogP contribution in [0, 0.1) is 0 Å². The molecule has 1 aliphatic rings. The summed E-state index contributed by atoms with van der Waals surface area (Å²) >= 11 is 0. The lowest BCUT2D eigenvalue weighted by molar-refractivity contribution is -0.140. The molecule has 1 atom stereocenters. The Kier molecular flexibility index (Phi) is 5.03. The predicted octanol–water partition coefficient (Wildman–Crippen LogP) is -0.336. The number of nitrogens with zero attached hydrogens (tertiary/aromatic N) is 8. The lowest BCUT2D eigenvalue weighted by Gasteiger charge is -2.32. The molecule has 142 valence electrons. The summed E-state index contributed by atoms with van der Waals surface area (Å²) in [6, 6.07) is 7.52. The molecule has 3 aromatic rings. The minimum absolute atomic E-state index is 0.0699. The van der Waals surface area contributed by atoms with Crippen molar-refractivity contribution in [3.8, 4) is 0 Å². The number of tetrazole rings is 1. The van der Waals surface area contributed by atoms with Gasteiger partial charge in [0.15, 0.2) is 5.82 Å². The number of hydrogen-bond acceptors (Lipinski definition) is 8. The number of carbonyl (C=O) groups excluding carboxylic acids is 1. The van der Waals surface area contributed by atoms with Gasteiger partial charge < -0.3 is 14.4 Å². The maximum atomic E-state index is 12.7. The van der Waals surface area contributed by atoms with E-state index in [0.29, 0.717) is 38.7 Å². The third kappa shape index (κ3) is 3.78. The molecule has 3 heterocycles. The highest BCUT2D eigenvalue weighted by atomic mass is 16.5. The maximum Gasteiger partial charge on any atom is 0.246 e. The number of amides is 1. The van der Waals surface area contributed by atoms with Gasteiger partial charge in [-0.1, -0.05) is 12.1 Å². The molecule has 11 nitrogen and oxygen atoms in total. The van der Waals surface area contributed by atoms with Crippen molar-refractivity contribution in [3.63, 3.8) is 0 Å². The fourth-order valence-corrected chi connectivity index (χ4v) is 3.01. The van der Waals surface area contributed by atoms with Gasteiger partial charge in [-0.2, -0.15) is 15.0 Å². The number of rotatable bonds is 6. The average Bonchev–Trinajstić information content (AvgIpc) is 3.32. The lowest BCUT2D eigenvalue weighted by Crippen LogP contribution is -2.44. The van der Waals surface area contributed by atoms with Crippen LogP contribution in [0.3, 0.4) is 0 Å². The van der Waals surface area contributed by atoms with Crippen LogP contribution in [0.4, 0.5) is 0 Å². The molecule has 11 heteroatoms. The van der Waals surface area contributed by atoms with Gasteiger partial charge in [-0.3, -0.25) is 4.79 Å². The second-order valence-corrected chi connectivity index (χ2v) is 6.17. The van der Waals surface area contributed by atoms with Gasteiger partial charge in [-0.25, -0.2) is 4.68 Å². The zero-order valence-electron chi connectivity index (χ0n) is 14.9. The molecule has 0 spiro atoms. The summed E-state index contributed by atoms with van der Waals surface area (Å²) in [4.78, 5) is 15.9. The summed E-state index contributed by atoms with van der Waals surface area (Å²) in [6.07, 6.45) is -0.376. The minimum Gasteiger partial charge on any atom is -0.383 e. The van der Waals surface area contributed by atoms with Gasteiger partial charge in [0.05, 0.1) is 26.3 Å². The van der Waals surface area contributed by atoms with Crippen molar-refractivity contribution in [1.82, 2.24) is 40.1 Å². The van der Waals surface area contributed by atoms with E-state index in [1.807, 2.05) is 24.3 Å². The first-order valence-electron chi connectivity index (χ1n) is 8.69. The number of methoxy groups -OCH3 is 1. The molecule has 0 N–H and O–H groups in total. The van der Waals surface area contributed by atoms with E-state index in [1.54, 1.807) is 16.7 Å². The number of ether oxygens (including phenoxy) is 2. The second-order valence-electron chi connectivity index (χ2n) is 6.17. The second kappa shape index (κ2) is 7.76. The Labute approximate surface area is 154 Å². The molecule has 0 radical (unpaired) electrons. The number of fused-ring (bicyclic) bond motifs is 1. The van der Waals surface area contributed by atoms with E-state index in [1.165, 1.54) is 4.80 Å². The molecular formula is C16H20N8O3. The lowest BCUT2D eigenvalue weighted by atomic mass is 10.2. The van der Waals surface area contributed by atoms with Crippen LogP contribution in [0.2, 0.25) is 0 Å². The van der Waals surface area contributed by atoms with E-state index < -0.39 is 0 Å². The number of morpholine rings is 1. The van der Waals surface area contributed by atoms with Crippen LogP contribution in [-0.2, 0) is 27.4 Å². The van der Waals surface area contributed by atoms with Gasteiger partial charge in [0.25, 0.3) is 0 Å². The third-order valence-electron chi connectivity index (χ3n) is 4.38. The van der Waals surface area contributed by atoms with Crippen LogP contribution in [0.15, 0.2) is 24.3 Å². The number of benzene rings is 1. The van der Waals surface area contributed by atoms with Crippen molar-refractivity contribution >= 4 is 16.9 Å². The van der Waals surface area contributed by atoms with Gasteiger partial charge in [-0.15, -0.1) is 5.10 Å². The van der Waals surface area contributed by atoms with Gasteiger partial charge >= 0.3 is 0 Å². The summed E-state index contributed by atoms with van der Waals surface area (Å²) < 4.78 is 12.5. The Bertz CT molecular complexity index is 890. The van der Waals surface area contributed by atoms with E-state index in [4.69, 9.17) is 9.47 Å². The molecule has 1 fully saturated rings. The fourth-order valence-electron chi connectivity index (χ4n) is 3.01. The summed E-state index contributed by atoms with van der Waals surface area (Å²) in [6.45, 7) is 2.41. The molecule has 27 heavy (non-hydrogen) atoms. The van der Waals surface area contributed by atoms with Crippen molar-refractivity contribution < 1.29 is 14.3 Å². The van der Waals surface area contributed by atoms with Gasteiger partial charge in [-0.05, 0) is 22.6 Å². The van der Waals surface area contributed by atoms with Gasteiger partial charge in [0.1, 0.15) is 23.7 Å². The van der Waals surface area contributed by atoms with Crippen molar-refractivity contribution in [2.45, 2.75) is 19.2 Å². The highest BCUT2D eigenvalue weighted by Gasteiger charge is 2.29. The molecule has 0 bridgehead atoms. The first-order valence-corrected chi connectivity index (χ1v) is 8.69. The van der Waals surface area contributed by atoms with Crippen molar-refractivity contribution in [2.24, 2.45) is 0 Å². The predicted molar refractivity (Wildman–Crippen MR) is 92.5 cm³/mol. The Hall–Kier alpha value is -2.92. The zero-order valence-corrected chi connectivity index (χ0v) is 14.9. The number of carbonyl (C=O) groups is 1. The van der Waals surface area contributed by atoms with Gasteiger partial charge in [0.2, 0.25) is 5.91 Å². The van der Waals surface area contributed by atoms with Crippen LogP contribution in [0.5, 0.6) is 0 Å². The molecular weight excluding hydrogens is 352 g/mol. The largest absolute Gasteiger partial charge is 0.383 e. The molecule has 0 saturated carbocycles. The topological polar surface area (TPSA) is 113 Å². The van der Waals surface area contributed by atoms with E-state index in [-0.39, 0.29) is 18.6 Å².